The van der Waals surface area contributed by atoms with E-state index in [1.165, 1.54) is 6.07 Å². The largest absolute Gasteiger partial charge is 0.462 e. The molecule has 0 aliphatic carbocycles. The van der Waals surface area contributed by atoms with E-state index in [2.05, 4.69) is 0 Å². The lowest BCUT2D eigenvalue weighted by molar-refractivity contribution is 0.0525. The standard InChI is InChI=1S/C19H15Cl2NO3/c1-3-25-19(24)16-8-14-6-12(10-22(14)9-11(16)2)18(23)15-5-4-13(20)7-17(15)21/h4-10H,3H2,1-2H3. The third-order valence-corrected chi connectivity index (χ3v) is 4.41. The van der Waals surface area contributed by atoms with Crippen LogP contribution in [0.2, 0.25) is 10.0 Å². The molecule has 128 valence electrons. The molecule has 0 N–H and O–H groups in total. The Morgan fingerprint density at radius 3 is 2.52 bits per heavy atom. The van der Waals surface area contributed by atoms with Crippen LogP contribution in [0.25, 0.3) is 5.52 Å². The quantitative estimate of drug-likeness (QED) is 0.478. The highest BCUT2D eigenvalue weighted by atomic mass is 35.5. The van der Waals surface area contributed by atoms with Crippen LogP contribution in [0.5, 0.6) is 0 Å². The number of nitrogens with zero attached hydrogens (tertiary/aromatic N) is 1. The summed E-state index contributed by atoms with van der Waals surface area (Å²) >= 11 is 12.0. The predicted molar refractivity (Wildman–Crippen MR) is 98.0 cm³/mol. The van der Waals surface area contributed by atoms with E-state index in [-0.39, 0.29) is 11.8 Å². The van der Waals surface area contributed by atoms with Crippen LogP contribution in [0.1, 0.15) is 38.8 Å². The second-order valence-corrected chi connectivity index (χ2v) is 6.45. The molecule has 0 saturated heterocycles. The van der Waals surface area contributed by atoms with Gasteiger partial charge in [0.15, 0.2) is 5.78 Å². The summed E-state index contributed by atoms with van der Waals surface area (Å²) in [7, 11) is 0. The third-order valence-electron chi connectivity index (χ3n) is 3.86. The predicted octanol–water partition coefficient (Wildman–Crippen LogP) is 4.96. The molecule has 0 spiro atoms. The van der Waals surface area contributed by atoms with Gasteiger partial charge in [0.25, 0.3) is 0 Å². The molecular weight excluding hydrogens is 361 g/mol. The molecule has 0 unspecified atom stereocenters. The number of rotatable bonds is 4. The molecule has 3 rings (SSSR count). The fourth-order valence-electron chi connectivity index (χ4n) is 2.65. The van der Waals surface area contributed by atoms with Crippen LogP contribution in [0.3, 0.4) is 0 Å². The molecule has 0 radical (unpaired) electrons. The van der Waals surface area contributed by atoms with Crippen molar-refractivity contribution in [3.8, 4) is 0 Å². The number of esters is 1. The molecule has 0 amide bonds. The summed E-state index contributed by atoms with van der Waals surface area (Å²) in [5, 5.41) is 0.773. The Bertz CT molecular complexity index is 992. The van der Waals surface area contributed by atoms with Gasteiger partial charge in [-0.15, -0.1) is 0 Å². The molecular formula is C19H15Cl2NO3. The Morgan fingerprint density at radius 1 is 1.08 bits per heavy atom. The molecule has 2 aromatic heterocycles. The van der Waals surface area contributed by atoms with E-state index < -0.39 is 0 Å². The first kappa shape index (κ1) is 17.5. The topological polar surface area (TPSA) is 47.8 Å². The molecule has 0 saturated carbocycles. The van der Waals surface area contributed by atoms with Gasteiger partial charge in [0.2, 0.25) is 0 Å². The first-order chi connectivity index (χ1) is 11.9. The van der Waals surface area contributed by atoms with Crippen molar-refractivity contribution in [3.63, 3.8) is 0 Å². The zero-order valence-electron chi connectivity index (χ0n) is 13.7. The van der Waals surface area contributed by atoms with Gasteiger partial charge in [-0.1, -0.05) is 23.2 Å². The molecule has 0 fully saturated rings. The minimum absolute atomic E-state index is 0.208. The molecule has 6 heteroatoms. The molecule has 0 aliphatic rings. The zero-order chi connectivity index (χ0) is 18.1. The number of benzene rings is 1. The van der Waals surface area contributed by atoms with Crippen molar-refractivity contribution in [1.82, 2.24) is 4.40 Å². The van der Waals surface area contributed by atoms with Gasteiger partial charge in [0.1, 0.15) is 0 Å². The highest BCUT2D eigenvalue weighted by molar-refractivity contribution is 6.37. The molecule has 0 atom stereocenters. The van der Waals surface area contributed by atoms with Crippen molar-refractivity contribution in [2.75, 3.05) is 6.61 Å². The van der Waals surface area contributed by atoms with Gasteiger partial charge in [-0.05, 0) is 49.7 Å². The van der Waals surface area contributed by atoms with Crippen LogP contribution < -0.4 is 0 Å². The van der Waals surface area contributed by atoms with Gasteiger partial charge in [-0.25, -0.2) is 4.79 Å². The van der Waals surface area contributed by atoms with E-state index in [9.17, 15) is 9.59 Å². The average Bonchev–Trinajstić information content (AvgIpc) is 2.96. The van der Waals surface area contributed by atoms with Gasteiger partial charge in [-0.3, -0.25) is 4.79 Å². The first-order valence-electron chi connectivity index (χ1n) is 7.70. The molecule has 25 heavy (non-hydrogen) atoms. The van der Waals surface area contributed by atoms with Gasteiger partial charge >= 0.3 is 5.97 Å². The molecule has 4 nitrogen and oxygen atoms in total. The maximum Gasteiger partial charge on any atom is 0.338 e. The van der Waals surface area contributed by atoms with E-state index in [0.29, 0.717) is 33.3 Å². The summed E-state index contributed by atoms with van der Waals surface area (Å²) in [6.07, 6.45) is 3.51. The van der Waals surface area contributed by atoms with Gasteiger partial charge < -0.3 is 9.14 Å². The van der Waals surface area contributed by atoms with Crippen LogP contribution in [0.15, 0.2) is 42.7 Å². The van der Waals surface area contributed by atoms with Crippen LogP contribution in [-0.2, 0) is 4.74 Å². The molecule has 0 aliphatic heterocycles. The number of hydrogen-bond acceptors (Lipinski definition) is 3. The SMILES string of the molecule is CCOC(=O)c1cc2cc(C(=O)c3ccc(Cl)cc3Cl)cn2cc1C. The van der Waals surface area contributed by atoms with Crippen molar-refractivity contribution in [2.45, 2.75) is 13.8 Å². The van der Waals surface area contributed by atoms with E-state index in [1.807, 2.05) is 6.92 Å². The minimum atomic E-state index is -0.377. The maximum atomic E-state index is 12.7. The third kappa shape index (κ3) is 3.41. The zero-order valence-corrected chi connectivity index (χ0v) is 15.2. The molecule has 3 aromatic rings. The molecule has 0 bridgehead atoms. The van der Waals surface area contributed by atoms with E-state index in [4.69, 9.17) is 27.9 Å². The van der Waals surface area contributed by atoms with Crippen LogP contribution in [0, 0.1) is 6.92 Å². The Kier molecular flexibility index (Phi) is 4.84. The van der Waals surface area contributed by atoms with E-state index in [0.717, 1.165) is 11.1 Å². The lowest BCUT2D eigenvalue weighted by Crippen LogP contribution is -2.07. The number of hydrogen-bond donors (Lipinski definition) is 0. The highest BCUT2D eigenvalue weighted by Crippen LogP contribution is 2.25. The Labute approximate surface area is 154 Å². The van der Waals surface area contributed by atoms with E-state index >= 15 is 0 Å². The number of ketones is 1. The number of fused-ring (bicyclic) bond motifs is 1. The highest BCUT2D eigenvalue weighted by Gasteiger charge is 2.17. The van der Waals surface area contributed by atoms with Crippen LogP contribution in [0.4, 0.5) is 0 Å². The summed E-state index contributed by atoms with van der Waals surface area (Å²) in [5.74, 6) is -0.585. The van der Waals surface area contributed by atoms with Gasteiger partial charge in [0.05, 0.1) is 17.2 Å². The second kappa shape index (κ2) is 6.90. The maximum absolute atomic E-state index is 12.7. The second-order valence-electron chi connectivity index (χ2n) is 5.60. The van der Waals surface area contributed by atoms with E-state index in [1.54, 1.807) is 48.0 Å². The lowest BCUT2D eigenvalue weighted by atomic mass is 10.1. The van der Waals surface area contributed by atoms with Crippen molar-refractivity contribution in [2.24, 2.45) is 0 Å². The Hall–Kier alpha value is -2.30. The van der Waals surface area contributed by atoms with Crippen LogP contribution >= 0.6 is 23.2 Å². The smallest absolute Gasteiger partial charge is 0.338 e. The summed E-state index contributed by atoms with van der Waals surface area (Å²) in [6, 6.07) is 8.20. The van der Waals surface area contributed by atoms with Crippen molar-refractivity contribution in [1.29, 1.82) is 0 Å². The fraction of sp³-hybridized carbons (Fsp3) is 0.158. The van der Waals surface area contributed by atoms with Crippen molar-refractivity contribution in [3.05, 3.63) is 75.0 Å². The normalized spacial score (nSPS) is 10.9. The lowest BCUT2D eigenvalue weighted by Gasteiger charge is -2.06. The minimum Gasteiger partial charge on any atom is -0.462 e. The number of pyridine rings is 1. The van der Waals surface area contributed by atoms with Crippen molar-refractivity contribution >= 4 is 40.5 Å². The van der Waals surface area contributed by atoms with Crippen molar-refractivity contribution < 1.29 is 14.3 Å². The summed E-state index contributed by atoms with van der Waals surface area (Å²) in [4.78, 5) is 24.7. The first-order valence-corrected chi connectivity index (χ1v) is 8.45. The monoisotopic (exact) mass is 375 g/mol. The number of carbonyl (C=O) groups excluding carboxylic acids is 2. The Balaban J connectivity index is 2.03. The average molecular weight is 376 g/mol. The number of halogens is 2. The number of carbonyl (C=O) groups is 2. The Morgan fingerprint density at radius 2 is 1.84 bits per heavy atom. The van der Waals surface area contributed by atoms with Gasteiger partial charge in [-0.2, -0.15) is 0 Å². The van der Waals surface area contributed by atoms with Crippen LogP contribution in [-0.4, -0.2) is 22.8 Å². The summed E-state index contributed by atoms with van der Waals surface area (Å²) in [6.45, 7) is 3.89. The molecule has 2 heterocycles. The number of aryl methyl sites for hydroxylation is 1. The number of aromatic nitrogens is 1. The fourth-order valence-corrected chi connectivity index (χ4v) is 3.14. The summed E-state index contributed by atoms with van der Waals surface area (Å²) in [5.41, 5.74) is 2.83. The summed E-state index contributed by atoms with van der Waals surface area (Å²) < 4.78 is 6.86. The van der Waals surface area contributed by atoms with Gasteiger partial charge in [0, 0.05) is 34.1 Å². The molecule has 1 aromatic carbocycles. The number of ether oxygens (including phenoxy) is 1.